The number of carbonyl (C=O) groups is 3. The predicted molar refractivity (Wildman–Crippen MR) is 235 cm³/mol. The van der Waals surface area contributed by atoms with E-state index in [0.29, 0.717) is 30.4 Å². The highest BCUT2D eigenvalue weighted by molar-refractivity contribution is 8.00. The molecule has 3 N–H and O–H groups in total. The standard InChI is InChI=1S/C43H52N8O3S.C2H5NO/c1-31(7-6-26-52)48(2)28-34-27-39(15-12-33(34)29-53)55-38-18-22-50(23-19-38)25-24-49-20-16-35(17-21-49)51-43-40(42(44)45-30-46-43)41(47-51)32-10-13-37(14-11-32)54-36-8-4-3-5-9-36;1-3-2-4/h3-5,8-15,26-27,29-31,35,38H,6-7,16-25,28H2,1-2H3,(H2,44,45,46);2H,1H3,(H,3,4). The van der Waals surface area contributed by atoms with Crippen molar-refractivity contribution in [1.82, 2.24) is 39.8 Å². The number of fused-ring (bicyclic) bond motifs is 1. The van der Waals surface area contributed by atoms with Crippen LogP contribution in [0.5, 0.6) is 11.5 Å². The lowest BCUT2D eigenvalue weighted by Crippen LogP contribution is -2.43. The van der Waals surface area contributed by atoms with Crippen molar-refractivity contribution in [3.8, 4) is 22.8 Å². The number of nitrogen functional groups attached to an aromatic ring is 1. The second kappa shape index (κ2) is 21.7. The van der Waals surface area contributed by atoms with Crippen molar-refractivity contribution in [3.63, 3.8) is 0 Å². The number of anilines is 1. The molecule has 0 radical (unpaired) electrons. The molecular weight excluding hydrogens is 763 g/mol. The van der Waals surface area contributed by atoms with E-state index in [1.54, 1.807) is 7.05 Å². The Morgan fingerprint density at radius 3 is 2.22 bits per heavy atom. The normalized spacial score (nSPS) is 16.0. The molecule has 4 heterocycles. The first-order valence-electron chi connectivity index (χ1n) is 20.6. The quantitative estimate of drug-likeness (QED) is 0.0957. The molecule has 7 rings (SSSR count). The van der Waals surface area contributed by atoms with Crippen LogP contribution >= 0.6 is 11.8 Å². The Labute approximate surface area is 351 Å². The summed E-state index contributed by atoms with van der Waals surface area (Å²) in [4.78, 5) is 49.3. The Morgan fingerprint density at radius 2 is 1.58 bits per heavy atom. The van der Waals surface area contributed by atoms with Gasteiger partial charge < -0.3 is 30.4 Å². The lowest BCUT2D eigenvalue weighted by atomic mass is 10.0. The van der Waals surface area contributed by atoms with Gasteiger partial charge in [0.05, 0.1) is 11.4 Å². The molecule has 312 valence electrons. The van der Waals surface area contributed by atoms with Gasteiger partial charge in [0, 0.05) is 73.5 Å². The van der Waals surface area contributed by atoms with E-state index in [2.05, 4.69) is 60.8 Å². The number of hydrogen-bond acceptors (Lipinski definition) is 12. The second-order valence-corrected chi connectivity index (χ2v) is 16.7. The van der Waals surface area contributed by atoms with Crippen LogP contribution in [0.3, 0.4) is 0 Å². The van der Waals surface area contributed by atoms with Crippen molar-refractivity contribution in [2.75, 3.05) is 59.1 Å². The Balaban J connectivity index is 0.00000140. The highest BCUT2D eigenvalue weighted by Gasteiger charge is 2.27. The van der Waals surface area contributed by atoms with Crippen LogP contribution < -0.4 is 15.8 Å². The minimum atomic E-state index is 0.239. The van der Waals surface area contributed by atoms with Gasteiger partial charge in [-0.15, -0.1) is 11.8 Å². The average molecular weight is 820 g/mol. The van der Waals surface area contributed by atoms with Crippen LogP contribution in [0, 0.1) is 0 Å². The van der Waals surface area contributed by atoms with E-state index >= 15 is 0 Å². The fourth-order valence-corrected chi connectivity index (χ4v) is 8.92. The summed E-state index contributed by atoms with van der Waals surface area (Å²) in [5.74, 6) is 1.99. The van der Waals surface area contributed by atoms with Crippen LogP contribution in [0.4, 0.5) is 5.82 Å². The molecular formula is C45H57N9O4S. The monoisotopic (exact) mass is 819 g/mol. The zero-order valence-electron chi connectivity index (χ0n) is 34.4. The van der Waals surface area contributed by atoms with E-state index in [-0.39, 0.29) is 12.1 Å². The number of carbonyl (C=O) groups excluding carboxylic acids is 3. The van der Waals surface area contributed by atoms with Gasteiger partial charge in [-0.05, 0) is 113 Å². The number of hydrogen-bond donors (Lipinski definition) is 2. The second-order valence-electron chi connectivity index (χ2n) is 15.3. The maximum Gasteiger partial charge on any atom is 0.206 e. The molecule has 14 heteroatoms. The van der Waals surface area contributed by atoms with Gasteiger partial charge in [0.1, 0.15) is 41.9 Å². The first-order valence-corrected chi connectivity index (χ1v) is 21.4. The zero-order chi connectivity index (χ0) is 41.6. The summed E-state index contributed by atoms with van der Waals surface area (Å²) >= 11 is 1.95. The number of piperidine rings is 2. The number of nitrogens with zero attached hydrogens (tertiary/aromatic N) is 7. The lowest BCUT2D eigenvalue weighted by Gasteiger charge is -2.36. The van der Waals surface area contributed by atoms with Gasteiger partial charge in [-0.2, -0.15) is 5.10 Å². The molecule has 0 aliphatic carbocycles. The molecule has 0 saturated carbocycles. The van der Waals surface area contributed by atoms with Gasteiger partial charge in [0.15, 0.2) is 5.65 Å². The number of aldehydes is 2. The van der Waals surface area contributed by atoms with Crippen LogP contribution in [0.15, 0.2) is 84.0 Å². The van der Waals surface area contributed by atoms with Crippen molar-refractivity contribution in [3.05, 3.63) is 90.3 Å². The Kier molecular flexibility index (Phi) is 16.0. The number of rotatable bonds is 17. The molecule has 3 aromatic carbocycles. The number of likely N-dealkylation sites (tertiary alicyclic amines) is 2. The molecule has 1 unspecified atom stereocenters. The van der Waals surface area contributed by atoms with Crippen molar-refractivity contribution >= 4 is 47.6 Å². The zero-order valence-corrected chi connectivity index (χ0v) is 35.2. The highest BCUT2D eigenvalue weighted by atomic mass is 32.2. The molecule has 1 amide bonds. The van der Waals surface area contributed by atoms with Crippen molar-refractivity contribution in [2.24, 2.45) is 0 Å². The summed E-state index contributed by atoms with van der Waals surface area (Å²) in [5.41, 5.74) is 10.8. The molecule has 0 bridgehead atoms. The molecule has 2 fully saturated rings. The predicted octanol–water partition coefficient (Wildman–Crippen LogP) is 6.74. The van der Waals surface area contributed by atoms with Crippen LogP contribution in [0.25, 0.3) is 22.3 Å². The van der Waals surface area contributed by atoms with E-state index in [1.165, 1.54) is 11.2 Å². The molecule has 0 spiro atoms. The van der Waals surface area contributed by atoms with E-state index < -0.39 is 0 Å². The van der Waals surface area contributed by atoms with Gasteiger partial charge in [0.25, 0.3) is 0 Å². The Bertz CT molecular complexity index is 2100. The minimum absolute atomic E-state index is 0.239. The molecule has 59 heavy (non-hydrogen) atoms. The van der Waals surface area contributed by atoms with E-state index in [4.69, 9.17) is 20.4 Å². The molecule has 2 aromatic heterocycles. The van der Waals surface area contributed by atoms with E-state index in [0.717, 1.165) is 129 Å². The van der Waals surface area contributed by atoms with Gasteiger partial charge in [-0.3, -0.25) is 14.5 Å². The Morgan fingerprint density at radius 1 is 0.915 bits per heavy atom. The fraction of sp³-hybridized carbons (Fsp3) is 0.422. The summed E-state index contributed by atoms with van der Waals surface area (Å²) in [5, 5.41) is 8.73. The number of para-hydroxylation sites is 1. The number of amides is 1. The van der Waals surface area contributed by atoms with Gasteiger partial charge in [0.2, 0.25) is 6.41 Å². The molecule has 2 saturated heterocycles. The van der Waals surface area contributed by atoms with Gasteiger partial charge >= 0.3 is 0 Å². The van der Waals surface area contributed by atoms with E-state index in [1.807, 2.05) is 72.4 Å². The maximum atomic E-state index is 11.8. The fourth-order valence-electron chi connectivity index (χ4n) is 7.73. The Hall–Kier alpha value is -5.15. The largest absolute Gasteiger partial charge is 0.457 e. The number of ether oxygens (including phenoxy) is 1. The SMILES string of the molecule is CC(CCC=O)N(C)Cc1cc(SC2CCN(CCN3CCC(n4nc(-c5ccc(Oc6ccccc6)cc5)c5c(N)ncnc54)CC3)CC2)ccc1C=O.CNC=O. The van der Waals surface area contributed by atoms with E-state index in [9.17, 15) is 9.59 Å². The van der Waals surface area contributed by atoms with Gasteiger partial charge in [-0.25, -0.2) is 14.6 Å². The number of thioether (sulfide) groups is 1. The first kappa shape index (κ1) is 43.4. The minimum Gasteiger partial charge on any atom is -0.457 e. The lowest BCUT2D eigenvalue weighted by molar-refractivity contribution is -0.109. The maximum absolute atomic E-state index is 11.8. The van der Waals surface area contributed by atoms with Crippen LogP contribution in [0.1, 0.15) is 67.4 Å². The van der Waals surface area contributed by atoms with Gasteiger partial charge in [-0.1, -0.05) is 24.3 Å². The van der Waals surface area contributed by atoms with Crippen LogP contribution in [0.2, 0.25) is 0 Å². The summed E-state index contributed by atoms with van der Waals surface area (Å²) in [6, 6.07) is 24.5. The number of nitrogens with one attached hydrogen (secondary N) is 1. The third-order valence-corrected chi connectivity index (χ3v) is 12.7. The molecule has 2 aliphatic heterocycles. The summed E-state index contributed by atoms with van der Waals surface area (Å²) in [6.45, 7) is 9.22. The smallest absolute Gasteiger partial charge is 0.206 e. The van der Waals surface area contributed by atoms with Crippen molar-refractivity contribution in [2.45, 2.75) is 74.2 Å². The number of benzene rings is 3. The topological polar surface area (TPSA) is 152 Å². The molecule has 1 atom stereocenters. The summed E-state index contributed by atoms with van der Waals surface area (Å²) < 4.78 is 8.09. The first-order chi connectivity index (χ1) is 28.8. The van der Waals surface area contributed by atoms with Crippen LogP contribution in [-0.2, 0) is 16.1 Å². The highest BCUT2D eigenvalue weighted by Crippen LogP contribution is 2.36. The van der Waals surface area contributed by atoms with Crippen molar-refractivity contribution in [1.29, 1.82) is 0 Å². The number of aromatic nitrogens is 4. The molecule has 13 nitrogen and oxygen atoms in total. The van der Waals surface area contributed by atoms with Crippen LogP contribution in [-0.4, -0.2) is 118 Å². The van der Waals surface area contributed by atoms with Crippen molar-refractivity contribution < 1.29 is 19.1 Å². The third-order valence-electron chi connectivity index (χ3n) is 11.3. The molecule has 2 aliphatic rings. The summed E-state index contributed by atoms with van der Waals surface area (Å²) in [7, 11) is 3.63. The average Bonchev–Trinajstić information content (AvgIpc) is 3.67. The molecule has 5 aromatic rings. The third kappa shape index (κ3) is 11.7. The summed E-state index contributed by atoms with van der Waals surface area (Å²) in [6.07, 6.45) is 9.78. The number of nitrogens with two attached hydrogens (primary N) is 1.